The highest BCUT2D eigenvalue weighted by Crippen LogP contribution is 2.28. The number of nitrogens with zero attached hydrogens (tertiary/aromatic N) is 1. The molecule has 0 aliphatic carbocycles. The van der Waals surface area contributed by atoms with E-state index in [9.17, 15) is 14.4 Å². The lowest BCUT2D eigenvalue weighted by Crippen LogP contribution is -2.55. The zero-order chi connectivity index (χ0) is 30.3. The van der Waals surface area contributed by atoms with E-state index >= 15 is 0 Å². The molecule has 0 spiro atoms. The van der Waals surface area contributed by atoms with E-state index in [0.29, 0.717) is 42.2 Å². The molecule has 1 aromatic carbocycles. The summed E-state index contributed by atoms with van der Waals surface area (Å²) in [5.41, 5.74) is 0.667. The average molecular weight is 574 g/mol. The quantitative estimate of drug-likeness (QED) is 0.179. The Morgan fingerprint density at radius 1 is 1.05 bits per heavy atom. The van der Waals surface area contributed by atoms with Crippen molar-refractivity contribution in [2.24, 2.45) is 5.92 Å². The largest absolute Gasteiger partial charge is 0.444 e. The lowest BCUT2D eigenvalue weighted by molar-refractivity contribution is -0.145. The predicted molar refractivity (Wildman–Crippen MR) is 166 cm³/mol. The number of benzene rings is 1. The van der Waals surface area contributed by atoms with Crippen LogP contribution >= 0.6 is 11.8 Å². The van der Waals surface area contributed by atoms with Gasteiger partial charge in [0.1, 0.15) is 17.7 Å². The molecule has 1 aromatic rings. The third kappa shape index (κ3) is 12.7. The smallest absolute Gasteiger partial charge is 0.408 e. The number of unbranched alkanes of at least 4 members (excludes halogenated alkanes) is 2. The molecule has 3 atom stereocenters. The standard InChI is InChI=1S/C32H51N3O4S/c1-10-12-13-21-33-29(36)28(26-18-16-25(11-2)17-19-26)35(24(5)15-14-23(3)4)30(37)27(20-22-40-9)34-31(38)39-32(6,7)8/h2,16-19,23-24,27-28H,10,12-15,20-22H2,1,3-9H3,(H,33,36)(H,34,38). The van der Waals surface area contributed by atoms with Crippen LogP contribution in [0.1, 0.15) is 104 Å². The third-order valence-corrected chi connectivity index (χ3v) is 7.13. The Kier molecular flexibility index (Phi) is 15.8. The zero-order valence-corrected chi connectivity index (χ0v) is 26.7. The van der Waals surface area contributed by atoms with Gasteiger partial charge in [-0.05, 0) is 89.0 Å². The van der Waals surface area contributed by atoms with E-state index in [2.05, 4.69) is 37.3 Å². The molecule has 0 saturated heterocycles. The van der Waals surface area contributed by atoms with Crippen molar-refractivity contribution in [1.82, 2.24) is 15.5 Å². The summed E-state index contributed by atoms with van der Waals surface area (Å²) in [5.74, 6) is 3.17. The second-order valence-corrected chi connectivity index (χ2v) is 12.7. The normalized spacial score (nSPS) is 13.6. The van der Waals surface area contributed by atoms with Crippen molar-refractivity contribution in [2.75, 3.05) is 18.6 Å². The molecule has 0 aliphatic rings. The number of nitrogens with one attached hydrogen (secondary N) is 2. The molecule has 0 aliphatic heterocycles. The molecule has 0 bridgehead atoms. The fourth-order valence-electron chi connectivity index (χ4n) is 4.32. The van der Waals surface area contributed by atoms with E-state index in [-0.39, 0.29) is 17.9 Å². The van der Waals surface area contributed by atoms with Crippen LogP contribution in [0.2, 0.25) is 0 Å². The van der Waals surface area contributed by atoms with Crippen molar-refractivity contribution >= 4 is 29.7 Å². The Morgan fingerprint density at radius 3 is 2.23 bits per heavy atom. The van der Waals surface area contributed by atoms with Crippen LogP contribution in [0.5, 0.6) is 0 Å². The highest BCUT2D eigenvalue weighted by atomic mass is 32.2. The van der Waals surface area contributed by atoms with E-state index in [4.69, 9.17) is 11.2 Å². The first kappa shape index (κ1) is 35.4. The van der Waals surface area contributed by atoms with Crippen LogP contribution in [0.3, 0.4) is 0 Å². The van der Waals surface area contributed by atoms with Gasteiger partial charge in [-0.25, -0.2) is 4.79 Å². The minimum Gasteiger partial charge on any atom is -0.444 e. The van der Waals surface area contributed by atoms with Crippen LogP contribution < -0.4 is 10.6 Å². The molecule has 3 amide bonds. The minimum absolute atomic E-state index is 0.241. The molecule has 0 radical (unpaired) electrons. The number of rotatable bonds is 16. The number of ether oxygens (including phenoxy) is 1. The van der Waals surface area contributed by atoms with Gasteiger partial charge in [0.05, 0.1) is 0 Å². The number of hydrogen-bond acceptors (Lipinski definition) is 5. The van der Waals surface area contributed by atoms with Gasteiger partial charge in [-0.3, -0.25) is 9.59 Å². The summed E-state index contributed by atoms with van der Waals surface area (Å²) >= 11 is 1.59. The van der Waals surface area contributed by atoms with Gasteiger partial charge in [0, 0.05) is 18.2 Å². The molecule has 8 heteroatoms. The molecule has 2 N–H and O–H groups in total. The van der Waals surface area contributed by atoms with Gasteiger partial charge in [0.15, 0.2) is 0 Å². The van der Waals surface area contributed by atoms with Gasteiger partial charge in [-0.1, -0.05) is 51.7 Å². The van der Waals surface area contributed by atoms with Crippen LogP contribution in [0.15, 0.2) is 24.3 Å². The fourth-order valence-corrected chi connectivity index (χ4v) is 4.79. The van der Waals surface area contributed by atoms with Crippen LogP contribution in [-0.2, 0) is 14.3 Å². The summed E-state index contributed by atoms with van der Waals surface area (Å²) in [6.07, 6.45) is 11.8. The molecular weight excluding hydrogens is 522 g/mol. The second-order valence-electron chi connectivity index (χ2n) is 11.7. The molecule has 224 valence electrons. The summed E-state index contributed by atoms with van der Waals surface area (Å²) < 4.78 is 5.49. The van der Waals surface area contributed by atoms with Gasteiger partial charge in [-0.2, -0.15) is 11.8 Å². The third-order valence-electron chi connectivity index (χ3n) is 6.49. The van der Waals surface area contributed by atoms with Crippen LogP contribution in [0, 0.1) is 18.3 Å². The maximum Gasteiger partial charge on any atom is 0.408 e. The van der Waals surface area contributed by atoms with Crippen molar-refractivity contribution in [3.8, 4) is 12.3 Å². The summed E-state index contributed by atoms with van der Waals surface area (Å²) in [4.78, 5) is 42.7. The molecule has 0 saturated carbocycles. The van der Waals surface area contributed by atoms with E-state index in [1.54, 1.807) is 49.6 Å². The van der Waals surface area contributed by atoms with Crippen molar-refractivity contribution in [3.05, 3.63) is 35.4 Å². The maximum atomic E-state index is 14.4. The SMILES string of the molecule is C#Cc1ccc(C(C(=O)NCCCCC)N(C(=O)C(CCSC)NC(=O)OC(C)(C)C)C(C)CCC(C)C)cc1. The first-order chi connectivity index (χ1) is 18.8. The van der Waals surface area contributed by atoms with E-state index in [1.807, 2.05) is 25.3 Å². The second kappa shape index (κ2) is 17.9. The number of carbonyl (C=O) groups is 3. The first-order valence-corrected chi connectivity index (χ1v) is 15.9. The maximum absolute atomic E-state index is 14.4. The van der Waals surface area contributed by atoms with Gasteiger partial charge in [-0.15, -0.1) is 6.42 Å². The summed E-state index contributed by atoms with van der Waals surface area (Å²) in [7, 11) is 0. The first-order valence-electron chi connectivity index (χ1n) is 14.5. The number of alkyl carbamates (subject to hydrolysis) is 1. The van der Waals surface area contributed by atoms with E-state index in [0.717, 1.165) is 25.7 Å². The van der Waals surface area contributed by atoms with Crippen molar-refractivity contribution in [1.29, 1.82) is 0 Å². The number of carbonyl (C=O) groups excluding carboxylic acids is 3. The zero-order valence-electron chi connectivity index (χ0n) is 25.8. The number of hydrogen-bond donors (Lipinski definition) is 2. The molecule has 1 rings (SSSR count). The highest BCUT2D eigenvalue weighted by molar-refractivity contribution is 7.98. The van der Waals surface area contributed by atoms with Crippen molar-refractivity contribution in [3.63, 3.8) is 0 Å². The van der Waals surface area contributed by atoms with Gasteiger partial charge in [0.2, 0.25) is 11.8 Å². The summed E-state index contributed by atoms with van der Waals surface area (Å²) in [6, 6.07) is 5.24. The minimum atomic E-state index is -0.875. The topological polar surface area (TPSA) is 87.7 Å². The molecule has 0 aromatic heterocycles. The average Bonchev–Trinajstić information content (AvgIpc) is 2.89. The highest BCUT2D eigenvalue weighted by Gasteiger charge is 2.38. The monoisotopic (exact) mass is 573 g/mol. The number of thioether (sulfide) groups is 1. The summed E-state index contributed by atoms with van der Waals surface area (Å²) in [5, 5.41) is 5.87. The lowest BCUT2D eigenvalue weighted by atomic mass is 9.96. The summed E-state index contributed by atoms with van der Waals surface area (Å²) in [6.45, 7) is 14.2. The molecule has 40 heavy (non-hydrogen) atoms. The molecule has 7 nitrogen and oxygen atoms in total. The van der Waals surface area contributed by atoms with Crippen LogP contribution in [0.4, 0.5) is 4.79 Å². The molecule has 0 heterocycles. The van der Waals surface area contributed by atoms with E-state index in [1.165, 1.54) is 0 Å². The van der Waals surface area contributed by atoms with Gasteiger partial charge < -0.3 is 20.3 Å². The van der Waals surface area contributed by atoms with Crippen LogP contribution in [-0.4, -0.2) is 59.0 Å². The van der Waals surface area contributed by atoms with Gasteiger partial charge in [0.25, 0.3) is 0 Å². The Morgan fingerprint density at radius 2 is 1.70 bits per heavy atom. The Balaban J connectivity index is 3.57. The molecular formula is C32H51N3O4S. The fraction of sp³-hybridized carbons (Fsp3) is 0.656. The predicted octanol–water partition coefficient (Wildman–Crippen LogP) is 6.32. The van der Waals surface area contributed by atoms with Crippen LogP contribution in [0.25, 0.3) is 0 Å². The van der Waals surface area contributed by atoms with E-state index < -0.39 is 23.8 Å². The Bertz CT molecular complexity index is 966. The number of amides is 3. The Hall–Kier alpha value is -2.66. The number of terminal acetylenes is 1. The molecule has 3 unspecified atom stereocenters. The molecule has 0 fully saturated rings. The van der Waals surface area contributed by atoms with Crippen molar-refractivity contribution < 1.29 is 19.1 Å². The lowest BCUT2D eigenvalue weighted by Gasteiger charge is -2.39. The van der Waals surface area contributed by atoms with Crippen molar-refractivity contribution in [2.45, 2.75) is 111 Å². The Labute approximate surface area is 246 Å². The van der Waals surface area contributed by atoms with Gasteiger partial charge >= 0.3 is 6.09 Å².